The molecule has 2 aromatic carbocycles. The topological polar surface area (TPSA) is 185 Å². The fourth-order valence-corrected chi connectivity index (χ4v) is 7.05. The van der Waals surface area contributed by atoms with Crippen molar-refractivity contribution in [2.75, 3.05) is 16.8 Å². The zero-order chi connectivity index (χ0) is 28.6. The van der Waals surface area contributed by atoms with E-state index in [1.165, 1.54) is 31.4 Å². The fraction of sp³-hybridized carbons (Fsp3) is 0.462. The van der Waals surface area contributed by atoms with E-state index in [1.54, 1.807) is 37.3 Å². The number of hydrogen-bond donors (Lipinski definition) is 5. The first-order chi connectivity index (χ1) is 18.3. The summed E-state index contributed by atoms with van der Waals surface area (Å²) >= 11 is 0. The Kier molecular flexibility index (Phi) is 10.5. The van der Waals surface area contributed by atoms with Crippen LogP contribution in [0.2, 0.25) is 0 Å². The van der Waals surface area contributed by atoms with Crippen molar-refractivity contribution in [3.8, 4) is 5.75 Å². The first-order valence-corrected chi connectivity index (χ1v) is 16.3. The predicted octanol–water partition coefficient (Wildman–Crippen LogP) is 3.43. The Labute approximate surface area is 228 Å². The minimum Gasteiger partial charge on any atom is -0.492 e. The van der Waals surface area contributed by atoms with Gasteiger partial charge < -0.3 is 25.6 Å². The van der Waals surface area contributed by atoms with E-state index in [2.05, 4.69) is 10.0 Å². The summed E-state index contributed by atoms with van der Waals surface area (Å²) in [5.41, 5.74) is 6.21. The molecule has 0 saturated heterocycles. The lowest BCUT2D eigenvalue weighted by Crippen LogP contribution is -2.27. The molecule has 1 aliphatic rings. The molecule has 6 N–H and O–H groups in total. The van der Waals surface area contributed by atoms with E-state index in [1.807, 2.05) is 0 Å². The van der Waals surface area contributed by atoms with Crippen LogP contribution < -0.4 is 20.5 Å². The van der Waals surface area contributed by atoms with Crippen LogP contribution in [0.15, 0.2) is 42.5 Å². The highest BCUT2D eigenvalue weighted by atomic mass is 32.2. The molecule has 13 heteroatoms. The van der Waals surface area contributed by atoms with Crippen LogP contribution in [0.5, 0.6) is 5.75 Å². The smallest absolute Gasteiger partial charge is 0.342 e. The number of nitrogens with one attached hydrogen (secondary N) is 2. The maximum Gasteiger partial charge on any atom is 0.342 e. The summed E-state index contributed by atoms with van der Waals surface area (Å²) in [6.07, 6.45) is 6.43. The molecule has 1 atom stereocenters. The number of ether oxygens (including phenoxy) is 1. The summed E-state index contributed by atoms with van der Waals surface area (Å²) in [6, 6.07) is 10.9. The Balaban J connectivity index is 1.52. The van der Waals surface area contributed by atoms with E-state index < -0.39 is 29.0 Å². The number of aryl methyl sites for hydroxylation is 1. The lowest BCUT2D eigenvalue weighted by molar-refractivity contribution is -0.121. The van der Waals surface area contributed by atoms with Gasteiger partial charge in [0.2, 0.25) is 15.9 Å². The van der Waals surface area contributed by atoms with Gasteiger partial charge in [-0.3, -0.25) is 18.9 Å². The van der Waals surface area contributed by atoms with Gasteiger partial charge in [0.15, 0.2) is 5.49 Å². The molecule has 0 radical (unpaired) electrons. The second kappa shape index (κ2) is 13.4. The van der Waals surface area contributed by atoms with E-state index in [-0.39, 0.29) is 29.6 Å². The number of sulfonamides is 1. The van der Waals surface area contributed by atoms with Gasteiger partial charge in [0.1, 0.15) is 5.75 Å². The van der Waals surface area contributed by atoms with Crippen LogP contribution in [0.25, 0.3) is 0 Å². The molecular formula is C26H36N3O8PS. The van der Waals surface area contributed by atoms with Crippen molar-refractivity contribution in [3.63, 3.8) is 0 Å². The van der Waals surface area contributed by atoms with E-state index >= 15 is 0 Å². The van der Waals surface area contributed by atoms with Crippen LogP contribution in [0.1, 0.15) is 73.0 Å². The van der Waals surface area contributed by atoms with E-state index in [4.69, 9.17) is 20.3 Å². The quantitative estimate of drug-likeness (QED) is 0.223. The lowest BCUT2D eigenvalue weighted by atomic mass is 9.90. The van der Waals surface area contributed by atoms with Gasteiger partial charge >= 0.3 is 7.60 Å². The molecule has 0 spiro atoms. The molecule has 2 amide bonds. The maximum absolute atomic E-state index is 12.6. The molecule has 1 saturated carbocycles. The molecule has 11 nitrogen and oxygen atoms in total. The molecule has 3 rings (SSSR count). The maximum atomic E-state index is 12.6. The molecule has 214 valence electrons. The third-order valence-corrected chi connectivity index (χ3v) is 9.80. The molecule has 0 unspecified atom stereocenters. The van der Waals surface area contributed by atoms with Gasteiger partial charge in [0.05, 0.1) is 18.2 Å². The number of hydrogen-bond acceptors (Lipinski definition) is 6. The highest BCUT2D eigenvalue weighted by Crippen LogP contribution is 2.36. The Morgan fingerprint density at radius 2 is 1.77 bits per heavy atom. The number of primary amides is 1. The van der Waals surface area contributed by atoms with Crippen molar-refractivity contribution in [2.24, 2.45) is 11.7 Å². The van der Waals surface area contributed by atoms with E-state index in [0.717, 1.165) is 18.4 Å². The van der Waals surface area contributed by atoms with Crippen molar-refractivity contribution in [2.45, 2.75) is 57.9 Å². The first-order valence-electron chi connectivity index (χ1n) is 12.8. The van der Waals surface area contributed by atoms with Crippen LogP contribution in [0, 0.1) is 5.92 Å². The summed E-state index contributed by atoms with van der Waals surface area (Å²) in [6.45, 7) is 2.35. The zero-order valence-electron chi connectivity index (χ0n) is 21.8. The summed E-state index contributed by atoms with van der Waals surface area (Å²) in [5.74, 6) is 0.113. The van der Waals surface area contributed by atoms with Gasteiger partial charge in [0, 0.05) is 12.1 Å². The normalized spacial score (nSPS) is 15.4. The van der Waals surface area contributed by atoms with Crippen LogP contribution in [-0.4, -0.2) is 42.1 Å². The molecule has 0 aliphatic heterocycles. The zero-order valence-corrected chi connectivity index (χ0v) is 23.5. The minimum atomic E-state index is -4.73. The van der Waals surface area contributed by atoms with Gasteiger partial charge in [-0.05, 0) is 67.5 Å². The lowest BCUT2D eigenvalue weighted by Gasteiger charge is -2.22. The third kappa shape index (κ3) is 10.3. The van der Waals surface area contributed by atoms with Crippen LogP contribution >= 0.6 is 7.60 Å². The van der Waals surface area contributed by atoms with E-state index in [9.17, 15) is 22.6 Å². The number of anilines is 1. The van der Waals surface area contributed by atoms with Crippen LogP contribution in [-0.2, 0) is 25.8 Å². The van der Waals surface area contributed by atoms with Gasteiger partial charge in [-0.25, -0.2) is 8.42 Å². The standard InChI is InChI=1S/C26H36N3O8PS/c1-18(21-10-13-24(23(15-21)26(27)31)37-16-20-5-3-2-4-6-20)28-25(30)14-9-19-7-11-22(12-8-19)29-39(35,36)17-38(32,33)34/h7-8,10-13,15,18,20,29H,2-6,9,14,16-17H2,1H3,(H2,27,31)(H,28,30)(H2,32,33,34)/t18-/m0/s1. The third-order valence-electron chi connectivity index (χ3n) is 6.55. The number of carbonyl (C=O) groups is 2. The number of nitrogens with two attached hydrogens (primary N) is 1. The second-order valence-electron chi connectivity index (χ2n) is 9.93. The number of rotatable bonds is 13. The molecular weight excluding hydrogens is 545 g/mol. The Hall–Kier alpha value is -2.92. The summed E-state index contributed by atoms with van der Waals surface area (Å²) in [4.78, 5) is 42.4. The Morgan fingerprint density at radius 1 is 1.10 bits per heavy atom. The monoisotopic (exact) mass is 581 g/mol. The molecule has 0 bridgehead atoms. The van der Waals surface area contributed by atoms with Crippen LogP contribution in [0.4, 0.5) is 5.69 Å². The second-order valence-corrected chi connectivity index (χ2v) is 13.7. The summed E-state index contributed by atoms with van der Waals surface area (Å²) in [7, 11) is -8.94. The van der Waals surface area contributed by atoms with Crippen molar-refractivity contribution in [3.05, 3.63) is 59.2 Å². The van der Waals surface area contributed by atoms with Crippen molar-refractivity contribution >= 4 is 35.1 Å². The molecule has 1 aliphatic carbocycles. The van der Waals surface area contributed by atoms with E-state index in [0.29, 0.717) is 30.3 Å². The summed E-state index contributed by atoms with van der Waals surface area (Å²) < 4.78 is 42.7. The molecule has 1 fully saturated rings. The average molecular weight is 582 g/mol. The molecule has 2 aromatic rings. The fourth-order valence-electron chi connectivity index (χ4n) is 4.52. The van der Waals surface area contributed by atoms with Crippen molar-refractivity contribution in [1.82, 2.24) is 5.32 Å². The first kappa shape index (κ1) is 30.6. The highest BCUT2D eigenvalue weighted by Gasteiger charge is 2.25. The van der Waals surface area contributed by atoms with Gasteiger partial charge in [0.25, 0.3) is 5.91 Å². The average Bonchev–Trinajstić information content (AvgIpc) is 2.85. The van der Waals surface area contributed by atoms with Crippen LogP contribution in [0.3, 0.4) is 0 Å². The Morgan fingerprint density at radius 3 is 2.38 bits per heavy atom. The molecule has 0 heterocycles. The highest BCUT2D eigenvalue weighted by molar-refractivity contribution is 7.98. The number of benzene rings is 2. The number of amides is 2. The minimum absolute atomic E-state index is 0.154. The molecule has 39 heavy (non-hydrogen) atoms. The van der Waals surface area contributed by atoms with Crippen molar-refractivity contribution in [1.29, 1.82) is 0 Å². The van der Waals surface area contributed by atoms with Gasteiger partial charge in [-0.2, -0.15) is 0 Å². The SMILES string of the molecule is C[C@H](NC(=O)CCc1ccc(NS(=O)(=O)CP(=O)(O)O)cc1)c1ccc(OCC2CCCCC2)c(C(N)=O)c1. The van der Waals surface area contributed by atoms with Crippen molar-refractivity contribution < 1.29 is 37.1 Å². The predicted molar refractivity (Wildman–Crippen MR) is 148 cm³/mol. The van der Waals surface area contributed by atoms with Gasteiger partial charge in [-0.1, -0.05) is 37.5 Å². The summed E-state index contributed by atoms with van der Waals surface area (Å²) in [5, 5.41) is 2.90. The molecule has 0 aromatic heterocycles. The van der Waals surface area contributed by atoms with Gasteiger partial charge in [-0.15, -0.1) is 0 Å². The largest absolute Gasteiger partial charge is 0.492 e. The number of carbonyl (C=O) groups excluding carboxylic acids is 2. The Bertz CT molecular complexity index is 1300.